The first-order valence-corrected chi connectivity index (χ1v) is 2.84. The second-order valence-electron chi connectivity index (χ2n) is 2.03. The Morgan fingerprint density at radius 2 is 2.10 bits per heavy atom. The minimum Gasteiger partial charge on any atom is -0.511 e. The topological polar surface area (TPSA) is 49.3 Å². The van der Waals surface area contributed by atoms with Crippen LogP contribution in [0.1, 0.15) is 6.92 Å². The van der Waals surface area contributed by atoms with E-state index in [1.165, 1.54) is 0 Å². The van der Waals surface area contributed by atoms with Crippen molar-refractivity contribution in [2.24, 2.45) is 0 Å². The molecular formula is C7H11NO2. The summed E-state index contributed by atoms with van der Waals surface area (Å²) in [6.07, 6.45) is 0. The van der Waals surface area contributed by atoms with Crippen LogP contribution in [0.3, 0.4) is 0 Å². The van der Waals surface area contributed by atoms with Gasteiger partial charge < -0.3 is 10.4 Å². The first kappa shape index (κ1) is 8.75. The molecule has 56 valence electrons. The van der Waals surface area contributed by atoms with Crippen molar-refractivity contribution < 1.29 is 9.90 Å². The van der Waals surface area contributed by atoms with Crippen LogP contribution >= 0.6 is 0 Å². The monoisotopic (exact) mass is 141 g/mol. The van der Waals surface area contributed by atoms with Gasteiger partial charge in [-0.3, -0.25) is 4.79 Å². The van der Waals surface area contributed by atoms with Gasteiger partial charge in [0.05, 0.1) is 6.54 Å². The quantitative estimate of drug-likeness (QED) is 0.450. The maximum absolute atomic E-state index is 10.7. The Morgan fingerprint density at radius 1 is 1.60 bits per heavy atom. The number of nitrogens with one attached hydrogen (secondary N) is 1. The third kappa shape index (κ3) is 3.72. The predicted octanol–water partition coefficient (Wildman–Crippen LogP) is 0.750. The van der Waals surface area contributed by atoms with Gasteiger partial charge >= 0.3 is 0 Å². The number of aliphatic hydroxyl groups is 1. The van der Waals surface area contributed by atoms with Gasteiger partial charge in [-0.25, -0.2) is 0 Å². The molecule has 0 aliphatic heterocycles. The lowest BCUT2D eigenvalue weighted by Crippen LogP contribution is -2.25. The minimum absolute atomic E-state index is 0.0606. The normalized spacial score (nSPS) is 8.50. The average molecular weight is 141 g/mol. The number of hydrogen-bond donors (Lipinski definition) is 2. The standard InChI is InChI=1S/C7H11NO2/c1-5(2)7(10)8-4-6(3)9/h9H,1,3-4H2,2H3,(H,8,10). The van der Waals surface area contributed by atoms with Gasteiger partial charge in [0.2, 0.25) is 5.91 Å². The molecule has 0 fully saturated rings. The van der Waals surface area contributed by atoms with Crippen molar-refractivity contribution in [3.8, 4) is 0 Å². The number of carbonyl (C=O) groups excluding carboxylic acids is 1. The van der Waals surface area contributed by atoms with Gasteiger partial charge in [-0.15, -0.1) is 0 Å². The van der Waals surface area contributed by atoms with Crippen molar-refractivity contribution in [1.82, 2.24) is 5.32 Å². The van der Waals surface area contributed by atoms with Crippen LogP contribution in [-0.4, -0.2) is 17.6 Å². The van der Waals surface area contributed by atoms with Crippen molar-refractivity contribution >= 4 is 5.91 Å². The molecule has 10 heavy (non-hydrogen) atoms. The first-order chi connectivity index (χ1) is 4.54. The molecule has 1 amide bonds. The molecule has 0 heterocycles. The second-order valence-corrected chi connectivity index (χ2v) is 2.03. The summed E-state index contributed by atoms with van der Waals surface area (Å²) in [4.78, 5) is 10.7. The van der Waals surface area contributed by atoms with E-state index >= 15 is 0 Å². The van der Waals surface area contributed by atoms with Gasteiger partial charge in [0.1, 0.15) is 5.76 Å². The Morgan fingerprint density at radius 3 is 2.40 bits per heavy atom. The van der Waals surface area contributed by atoms with E-state index in [9.17, 15) is 4.79 Å². The molecule has 0 radical (unpaired) electrons. The lowest BCUT2D eigenvalue weighted by Gasteiger charge is -2.01. The van der Waals surface area contributed by atoms with E-state index in [0.717, 1.165) is 0 Å². The fraction of sp³-hybridized carbons (Fsp3) is 0.286. The summed E-state index contributed by atoms with van der Waals surface area (Å²) in [7, 11) is 0. The van der Waals surface area contributed by atoms with Gasteiger partial charge in [0.15, 0.2) is 0 Å². The van der Waals surface area contributed by atoms with E-state index in [0.29, 0.717) is 5.57 Å². The molecule has 3 heteroatoms. The van der Waals surface area contributed by atoms with Gasteiger partial charge in [-0.1, -0.05) is 13.2 Å². The number of aliphatic hydroxyl groups excluding tert-OH is 1. The van der Waals surface area contributed by atoms with Crippen molar-refractivity contribution in [3.63, 3.8) is 0 Å². The molecule has 0 unspecified atom stereocenters. The predicted molar refractivity (Wildman–Crippen MR) is 39.6 cm³/mol. The van der Waals surface area contributed by atoms with E-state index in [1.807, 2.05) is 0 Å². The van der Waals surface area contributed by atoms with E-state index < -0.39 is 0 Å². The molecule has 0 rings (SSSR count). The Hall–Kier alpha value is -1.25. The molecule has 2 N–H and O–H groups in total. The summed E-state index contributed by atoms with van der Waals surface area (Å²) in [5.41, 5.74) is 0.418. The lowest BCUT2D eigenvalue weighted by atomic mass is 10.3. The molecule has 0 spiro atoms. The highest BCUT2D eigenvalue weighted by atomic mass is 16.3. The molecule has 0 aliphatic carbocycles. The highest BCUT2D eigenvalue weighted by Crippen LogP contribution is 1.86. The molecule has 0 atom stereocenters. The SMILES string of the molecule is C=C(O)CNC(=O)C(=C)C. The number of amides is 1. The Balaban J connectivity index is 3.60. The van der Waals surface area contributed by atoms with Gasteiger partial charge in [-0.05, 0) is 6.92 Å². The number of rotatable bonds is 3. The first-order valence-electron chi connectivity index (χ1n) is 2.84. The van der Waals surface area contributed by atoms with Crippen molar-refractivity contribution in [2.45, 2.75) is 6.92 Å². The molecule has 0 aromatic heterocycles. The average Bonchev–Trinajstić information content (AvgIpc) is 1.82. The summed E-state index contributed by atoms with van der Waals surface area (Å²) in [6, 6.07) is 0. The summed E-state index contributed by atoms with van der Waals surface area (Å²) in [6.45, 7) is 8.29. The Kier molecular flexibility index (Phi) is 3.25. The zero-order valence-electron chi connectivity index (χ0n) is 5.98. The Labute approximate surface area is 60.1 Å². The highest BCUT2D eigenvalue weighted by Gasteiger charge is 1.99. The smallest absolute Gasteiger partial charge is 0.246 e. The highest BCUT2D eigenvalue weighted by molar-refractivity contribution is 5.92. The molecule has 0 saturated heterocycles. The summed E-state index contributed by atoms with van der Waals surface area (Å²) in [5.74, 6) is -0.329. The Bertz CT molecular complexity index is 172. The number of hydrogen-bond acceptors (Lipinski definition) is 2. The zero-order chi connectivity index (χ0) is 8.15. The zero-order valence-corrected chi connectivity index (χ0v) is 5.98. The van der Waals surface area contributed by atoms with E-state index in [-0.39, 0.29) is 18.2 Å². The molecule has 0 aromatic rings. The van der Waals surface area contributed by atoms with Gasteiger partial charge in [0, 0.05) is 5.57 Å². The van der Waals surface area contributed by atoms with Crippen LogP contribution < -0.4 is 5.32 Å². The van der Waals surface area contributed by atoms with E-state index in [2.05, 4.69) is 18.5 Å². The van der Waals surface area contributed by atoms with Crippen molar-refractivity contribution in [2.75, 3.05) is 6.54 Å². The third-order valence-corrected chi connectivity index (χ3v) is 0.841. The van der Waals surface area contributed by atoms with Crippen LogP contribution in [0.2, 0.25) is 0 Å². The van der Waals surface area contributed by atoms with Crippen LogP contribution in [0.15, 0.2) is 24.5 Å². The minimum atomic E-state index is -0.268. The molecule has 0 aromatic carbocycles. The van der Waals surface area contributed by atoms with E-state index in [4.69, 9.17) is 5.11 Å². The van der Waals surface area contributed by atoms with E-state index in [1.54, 1.807) is 6.92 Å². The van der Waals surface area contributed by atoms with Gasteiger partial charge in [0.25, 0.3) is 0 Å². The second kappa shape index (κ2) is 3.71. The maximum Gasteiger partial charge on any atom is 0.246 e. The summed E-state index contributed by atoms with van der Waals surface area (Å²) in [5, 5.41) is 10.9. The maximum atomic E-state index is 10.7. The summed E-state index contributed by atoms with van der Waals surface area (Å²) < 4.78 is 0. The molecule has 3 nitrogen and oxygen atoms in total. The van der Waals surface area contributed by atoms with Crippen LogP contribution in [0.5, 0.6) is 0 Å². The van der Waals surface area contributed by atoms with Gasteiger partial charge in [-0.2, -0.15) is 0 Å². The van der Waals surface area contributed by atoms with Crippen LogP contribution in [0.4, 0.5) is 0 Å². The molecule has 0 bridgehead atoms. The molecule has 0 aliphatic rings. The largest absolute Gasteiger partial charge is 0.511 e. The fourth-order valence-electron chi connectivity index (χ4n) is 0.333. The van der Waals surface area contributed by atoms with Crippen LogP contribution in [0.25, 0.3) is 0 Å². The van der Waals surface area contributed by atoms with Crippen molar-refractivity contribution in [1.29, 1.82) is 0 Å². The summed E-state index contributed by atoms with van der Waals surface area (Å²) >= 11 is 0. The van der Waals surface area contributed by atoms with Crippen molar-refractivity contribution in [3.05, 3.63) is 24.5 Å². The van der Waals surface area contributed by atoms with Crippen LogP contribution in [-0.2, 0) is 4.79 Å². The fourth-order valence-corrected chi connectivity index (χ4v) is 0.333. The van der Waals surface area contributed by atoms with Crippen LogP contribution in [0, 0.1) is 0 Å². The lowest BCUT2D eigenvalue weighted by molar-refractivity contribution is -0.117. The number of carbonyl (C=O) groups is 1. The molecular weight excluding hydrogens is 130 g/mol. The third-order valence-electron chi connectivity index (χ3n) is 0.841. The molecule has 0 saturated carbocycles.